The monoisotopic (exact) mass is 474 g/mol. The van der Waals surface area contributed by atoms with Gasteiger partial charge in [-0.2, -0.15) is 0 Å². The molecule has 3 aromatic rings. The van der Waals surface area contributed by atoms with Crippen molar-refractivity contribution in [2.24, 2.45) is 0 Å². The molecule has 0 fully saturated rings. The third-order valence-corrected chi connectivity index (χ3v) is 7.31. The summed E-state index contributed by atoms with van der Waals surface area (Å²) in [7, 11) is -3.62. The molecular weight excluding hydrogens is 456 g/mol. The van der Waals surface area contributed by atoms with E-state index < -0.39 is 10.0 Å². The molecule has 6 nitrogen and oxygen atoms in total. The quantitative estimate of drug-likeness (QED) is 0.507. The standard InChI is InChI=1S/C22H19ClN2O4S2/c1-14(26)20-4-5-21(30-20)16-9-17-10-18(29-22(17)19(23)11-16)13-25-31(27,28)8-6-15-3-2-7-24-12-15/h2-9,11-12,18,25H,10,13H2,1H3/b8-6+. The lowest BCUT2D eigenvalue weighted by Gasteiger charge is -2.11. The Morgan fingerprint density at radius 3 is 2.90 bits per heavy atom. The SMILES string of the molecule is CC(=O)c1ccc(-c2cc(Cl)c3c(c2)CC(CNS(=O)(=O)/C=C/c2cccnc2)O3)s1. The van der Waals surface area contributed by atoms with Crippen LogP contribution in [0.15, 0.2) is 54.2 Å². The maximum atomic E-state index is 12.3. The van der Waals surface area contributed by atoms with Crippen LogP contribution in [0.5, 0.6) is 5.75 Å². The second-order valence-corrected chi connectivity index (χ2v) is 10.2. The number of pyridine rings is 1. The van der Waals surface area contributed by atoms with Gasteiger partial charge < -0.3 is 4.74 Å². The number of aromatic nitrogens is 1. The summed E-state index contributed by atoms with van der Waals surface area (Å²) in [5, 5.41) is 1.58. The Labute approximate surface area is 189 Å². The van der Waals surface area contributed by atoms with Gasteiger partial charge in [-0.25, -0.2) is 13.1 Å². The van der Waals surface area contributed by atoms with Gasteiger partial charge in [0, 0.05) is 41.2 Å². The number of fused-ring (bicyclic) bond motifs is 1. The highest BCUT2D eigenvalue weighted by Gasteiger charge is 2.27. The first-order chi connectivity index (χ1) is 14.8. The molecule has 1 unspecified atom stereocenters. The van der Waals surface area contributed by atoms with Crippen LogP contribution in [-0.4, -0.2) is 31.8 Å². The zero-order valence-corrected chi connectivity index (χ0v) is 18.9. The summed E-state index contributed by atoms with van der Waals surface area (Å²) >= 11 is 7.84. The highest BCUT2D eigenvalue weighted by atomic mass is 35.5. The number of rotatable bonds is 7. The van der Waals surface area contributed by atoms with Gasteiger partial charge in [-0.3, -0.25) is 9.78 Å². The Hall–Kier alpha value is -2.52. The molecule has 1 aliphatic heterocycles. The summed E-state index contributed by atoms with van der Waals surface area (Å²) in [5.41, 5.74) is 2.51. The van der Waals surface area contributed by atoms with E-state index in [4.69, 9.17) is 16.3 Å². The average Bonchev–Trinajstić information content (AvgIpc) is 3.39. The number of benzene rings is 1. The van der Waals surface area contributed by atoms with Crippen molar-refractivity contribution in [3.63, 3.8) is 0 Å². The molecule has 1 N–H and O–H groups in total. The summed E-state index contributed by atoms with van der Waals surface area (Å²) < 4.78 is 33.0. The Kier molecular flexibility index (Phi) is 6.24. The first-order valence-corrected chi connectivity index (χ1v) is 12.2. The minimum Gasteiger partial charge on any atom is -0.487 e. The topological polar surface area (TPSA) is 85.4 Å². The van der Waals surface area contributed by atoms with E-state index in [0.717, 1.165) is 21.4 Å². The molecule has 1 aliphatic rings. The summed E-state index contributed by atoms with van der Waals surface area (Å²) in [6, 6.07) is 11.0. The number of hydrogen-bond donors (Lipinski definition) is 1. The zero-order valence-electron chi connectivity index (χ0n) is 16.5. The molecule has 3 heterocycles. The molecule has 0 radical (unpaired) electrons. The van der Waals surface area contributed by atoms with E-state index in [0.29, 0.717) is 27.6 Å². The van der Waals surface area contributed by atoms with Crippen LogP contribution in [0.25, 0.3) is 16.5 Å². The third-order valence-electron chi connectivity index (χ3n) is 4.73. The number of hydrogen-bond acceptors (Lipinski definition) is 6. The largest absolute Gasteiger partial charge is 0.487 e. The van der Waals surface area contributed by atoms with Crippen LogP contribution in [-0.2, 0) is 16.4 Å². The second kappa shape index (κ2) is 8.92. The highest BCUT2D eigenvalue weighted by molar-refractivity contribution is 7.92. The molecule has 0 bridgehead atoms. The van der Waals surface area contributed by atoms with E-state index in [1.165, 1.54) is 24.3 Å². The summed E-state index contributed by atoms with van der Waals surface area (Å²) in [5.74, 6) is 0.598. The molecule has 0 saturated heterocycles. The molecule has 4 rings (SSSR count). The fraction of sp³-hybridized carbons (Fsp3) is 0.182. The van der Waals surface area contributed by atoms with Gasteiger partial charge in [0.2, 0.25) is 10.0 Å². The number of halogens is 1. The van der Waals surface area contributed by atoms with Gasteiger partial charge in [0.25, 0.3) is 0 Å². The molecular formula is C22H19ClN2O4S2. The zero-order chi connectivity index (χ0) is 22.0. The van der Waals surface area contributed by atoms with E-state index in [2.05, 4.69) is 9.71 Å². The molecule has 1 atom stereocenters. The highest BCUT2D eigenvalue weighted by Crippen LogP contribution is 2.41. The Morgan fingerprint density at radius 1 is 1.35 bits per heavy atom. The minimum absolute atomic E-state index is 0.0248. The van der Waals surface area contributed by atoms with Crippen molar-refractivity contribution in [1.82, 2.24) is 9.71 Å². The fourth-order valence-electron chi connectivity index (χ4n) is 3.23. The first kappa shape index (κ1) is 21.7. The van der Waals surface area contributed by atoms with Gasteiger partial charge in [-0.05, 0) is 54.5 Å². The van der Waals surface area contributed by atoms with Gasteiger partial charge in [0.15, 0.2) is 5.78 Å². The molecule has 9 heteroatoms. The lowest BCUT2D eigenvalue weighted by molar-refractivity contribution is 0.102. The minimum atomic E-state index is -3.62. The van der Waals surface area contributed by atoms with Crippen LogP contribution in [0.1, 0.15) is 27.7 Å². The number of carbonyl (C=O) groups excluding carboxylic acids is 1. The normalized spacial score (nSPS) is 15.7. The molecule has 0 spiro atoms. The van der Waals surface area contributed by atoms with Crippen molar-refractivity contribution in [3.05, 3.63) is 75.2 Å². The average molecular weight is 475 g/mol. The van der Waals surface area contributed by atoms with Crippen molar-refractivity contribution in [3.8, 4) is 16.2 Å². The van der Waals surface area contributed by atoms with Gasteiger partial charge in [0.05, 0.1) is 9.90 Å². The number of ether oxygens (including phenoxy) is 1. The molecule has 160 valence electrons. The van der Waals surface area contributed by atoms with Gasteiger partial charge >= 0.3 is 0 Å². The van der Waals surface area contributed by atoms with E-state index >= 15 is 0 Å². The molecule has 0 saturated carbocycles. The smallest absolute Gasteiger partial charge is 0.233 e. The van der Waals surface area contributed by atoms with Crippen molar-refractivity contribution >= 4 is 44.8 Å². The first-order valence-electron chi connectivity index (χ1n) is 9.49. The van der Waals surface area contributed by atoms with Crippen LogP contribution in [0.3, 0.4) is 0 Å². The molecule has 1 aromatic carbocycles. The van der Waals surface area contributed by atoms with E-state index in [1.807, 2.05) is 12.1 Å². The van der Waals surface area contributed by atoms with Gasteiger partial charge in [-0.1, -0.05) is 17.7 Å². The Morgan fingerprint density at radius 2 is 2.19 bits per heavy atom. The Bertz CT molecular complexity index is 1250. The van der Waals surface area contributed by atoms with Crippen molar-refractivity contribution < 1.29 is 17.9 Å². The van der Waals surface area contributed by atoms with Crippen molar-refractivity contribution in [1.29, 1.82) is 0 Å². The lowest BCUT2D eigenvalue weighted by Crippen LogP contribution is -2.33. The summed E-state index contributed by atoms with van der Waals surface area (Å²) in [4.78, 5) is 17.2. The number of sulfonamides is 1. The number of carbonyl (C=O) groups is 1. The van der Waals surface area contributed by atoms with Gasteiger partial charge in [0.1, 0.15) is 11.9 Å². The number of nitrogens with zero attached hydrogens (tertiary/aromatic N) is 1. The number of thiophene rings is 1. The number of Topliss-reactive ketones (excluding diaryl/α,β-unsaturated/α-hetero) is 1. The second-order valence-electron chi connectivity index (χ2n) is 7.09. The number of ketones is 1. The summed E-state index contributed by atoms with van der Waals surface area (Å²) in [6.07, 6.45) is 4.86. The molecule has 0 amide bonds. The molecule has 2 aromatic heterocycles. The predicted molar refractivity (Wildman–Crippen MR) is 123 cm³/mol. The lowest BCUT2D eigenvalue weighted by atomic mass is 10.1. The number of nitrogens with one attached hydrogen (secondary N) is 1. The maximum absolute atomic E-state index is 12.3. The van der Waals surface area contributed by atoms with Crippen molar-refractivity contribution in [2.75, 3.05) is 6.54 Å². The van der Waals surface area contributed by atoms with E-state index in [1.54, 1.807) is 36.7 Å². The predicted octanol–water partition coefficient (Wildman–Crippen LogP) is 4.56. The van der Waals surface area contributed by atoms with Crippen LogP contribution in [0.2, 0.25) is 5.02 Å². The van der Waals surface area contributed by atoms with Crippen LogP contribution in [0.4, 0.5) is 0 Å². The van der Waals surface area contributed by atoms with Crippen LogP contribution >= 0.6 is 22.9 Å². The summed E-state index contributed by atoms with van der Waals surface area (Å²) in [6.45, 7) is 1.66. The van der Waals surface area contributed by atoms with Gasteiger partial charge in [-0.15, -0.1) is 11.3 Å². The molecule has 0 aliphatic carbocycles. The van der Waals surface area contributed by atoms with E-state index in [-0.39, 0.29) is 18.4 Å². The fourth-order valence-corrected chi connectivity index (χ4v) is 5.25. The van der Waals surface area contributed by atoms with Crippen molar-refractivity contribution in [2.45, 2.75) is 19.4 Å². The molecule has 31 heavy (non-hydrogen) atoms. The maximum Gasteiger partial charge on any atom is 0.233 e. The van der Waals surface area contributed by atoms with Crippen LogP contribution < -0.4 is 9.46 Å². The Balaban J connectivity index is 1.43. The van der Waals surface area contributed by atoms with E-state index in [9.17, 15) is 13.2 Å². The van der Waals surface area contributed by atoms with Crippen LogP contribution in [0, 0.1) is 0 Å². The third kappa shape index (κ3) is 5.22.